The minimum Gasteiger partial charge on any atom is -0.497 e. The third kappa shape index (κ3) is 4.61. The number of anilines is 1. The van der Waals surface area contributed by atoms with Crippen LogP contribution in [-0.2, 0) is 4.79 Å². The Bertz CT molecular complexity index is 1220. The number of carbonyl (C=O) groups is 1. The first-order valence-electron chi connectivity index (χ1n) is 9.51. The van der Waals surface area contributed by atoms with Gasteiger partial charge in [0.2, 0.25) is 11.1 Å². The van der Waals surface area contributed by atoms with Gasteiger partial charge >= 0.3 is 0 Å². The predicted octanol–water partition coefficient (Wildman–Crippen LogP) is 3.85. The van der Waals surface area contributed by atoms with Crippen LogP contribution in [0.3, 0.4) is 0 Å². The topological polar surface area (TPSA) is 90.6 Å². The molecule has 0 unspecified atom stereocenters. The highest BCUT2D eigenvalue weighted by Gasteiger charge is 2.13. The van der Waals surface area contributed by atoms with E-state index in [2.05, 4.69) is 20.6 Å². The molecule has 1 N–H and O–H groups in total. The molecule has 2 aromatic carbocycles. The molecule has 4 aromatic rings. The third-order valence-corrected chi connectivity index (χ3v) is 5.50. The summed E-state index contributed by atoms with van der Waals surface area (Å²) in [5.41, 5.74) is 3.99. The van der Waals surface area contributed by atoms with E-state index in [4.69, 9.17) is 9.47 Å². The van der Waals surface area contributed by atoms with Crippen LogP contribution in [0.25, 0.3) is 16.9 Å². The predicted molar refractivity (Wildman–Crippen MR) is 120 cm³/mol. The number of hydrogen-bond donors (Lipinski definition) is 1. The van der Waals surface area contributed by atoms with Crippen molar-refractivity contribution in [3.8, 4) is 22.8 Å². The molecule has 0 aliphatic carbocycles. The lowest BCUT2D eigenvalue weighted by Gasteiger charge is -2.10. The Kier molecular flexibility index (Phi) is 6.03. The summed E-state index contributed by atoms with van der Waals surface area (Å²) in [6.07, 6.45) is 0. The zero-order chi connectivity index (χ0) is 21.8. The van der Waals surface area contributed by atoms with Crippen molar-refractivity contribution in [3.63, 3.8) is 0 Å². The average molecular weight is 436 g/mol. The number of nitrogens with one attached hydrogen (secondary N) is 1. The minimum absolute atomic E-state index is 0.159. The standard InChI is InChI=1S/C22H21N5O3S/c1-14-4-10-19(30-3)18(12-14)23-21(28)13-31-22-25-24-20-11-9-17(26-27(20)22)15-5-7-16(29-2)8-6-15/h4-12H,13H2,1-3H3,(H,23,28). The molecule has 158 valence electrons. The Hall–Kier alpha value is -3.59. The molecule has 8 nitrogen and oxygen atoms in total. The molecule has 0 atom stereocenters. The number of fused-ring (bicyclic) bond motifs is 1. The highest BCUT2D eigenvalue weighted by Crippen LogP contribution is 2.26. The van der Waals surface area contributed by atoms with E-state index in [0.29, 0.717) is 22.2 Å². The van der Waals surface area contributed by atoms with Gasteiger partial charge in [0.25, 0.3) is 0 Å². The van der Waals surface area contributed by atoms with Gasteiger partial charge in [0, 0.05) is 5.56 Å². The summed E-state index contributed by atoms with van der Waals surface area (Å²) < 4.78 is 12.2. The second-order valence-electron chi connectivity index (χ2n) is 6.74. The molecule has 0 saturated carbocycles. The first-order valence-corrected chi connectivity index (χ1v) is 10.5. The maximum absolute atomic E-state index is 12.5. The maximum Gasteiger partial charge on any atom is 0.234 e. The first kappa shape index (κ1) is 20.7. The molecule has 0 aliphatic rings. The molecule has 31 heavy (non-hydrogen) atoms. The number of amides is 1. The summed E-state index contributed by atoms with van der Waals surface area (Å²) in [5, 5.41) is 16.4. The van der Waals surface area contributed by atoms with Crippen molar-refractivity contribution in [2.45, 2.75) is 12.1 Å². The highest BCUT2D eigenvalue weighted by molar-refractivity contribution is 7.99. The van der Waals surface area contributed by atoms with Crippen LogP contribution in [-0.4, -0.2) is 45.7 Å². The van der Waals surface area contributed by atoms with Crippen molar-refractivity contribution in [1.29, 1.82) is 0 Å². The SMILES string of the molecule is COc1ccc(-c2ccc3nnc(SCC(=O)Nc4cc(C)ccc4OC)n3n2)cc1. The van der Waals surface area contributed by atoms with Gasteiger partial charge in [-0.25, -0.2) is 0 Å². The maximum atomic E-state index is 12.5. The lowest BCUT2D eigenvalue weighted by Crippen LogP contribution is -2.15. The third-order valence-electron chi connectivity index (χ3n) is 4.58. The lowest BCUT2D eigenvalue weighted by molar-refractivity contribution is -0.113. The van der Waals surface area contributed by atoms with Crippen molar-refractivity contribution < 1.29 is 14.3 Å². The quantitative estimate of drug-likeness (QED) is 0.441. The van der Waals surface area contributed by atoms with Gasteiger partial charge in [0.05, 0.1) is 31.4 Å². The second-order valence-corrected chi connectivity index (χ2v) is 7.68. The summed E-state index contributed by atoms with van der Waals surface area (Å²) in [4.78, 5) is 12.5. The van der Waals surface area contributed by atoms with Crippen LogP contribution in [0.1, 0.15) is 5.56 Å². The number of methoxy groups -OCH3 is 2. The number of nitrogens with zero attached hydrogens (tertiary/aromatic N) is 4. The van der Waals surface area contributed by atoms with E-state index in [1.54, 1.807) is 18.7 Å². The monoisotopic (exact) mass is 435 g/mol. The van der Waals surface area contributed by atoms with Gasteiger partial charge in [0.1, 0.15) is 11.5 Å². The molecule has 0 aliphatic heterocycles. The first-order chi connectivity index (χ1) is 15.1. The lowest BCUT2D eigenvalue weighted by atomic mass is 10.1. The Morgan fingerprint density at radius 1 is 1.03 bits per heavy atom. The van der Waals surface area contributed by atoms with Crippen molar-refractivity contribution >= 4 is 29.0 Å². The number of rotatable bonds is 7. The van der Waals surface area contributed by atoms with E-state index >= 15 is 0 Å². The molecule has 0 radical (unpaired) electrons. The van der Waals surface area contributed by atoms with Crippen LogP contribution in [0.2, 0.25) is 0 Å². The van der Waals surface area contributed by atoms with E-state index in [9.17, 15) is 4.79 Å². The van der Waals surface area contributed by atoms with Crippen molar-refractivity contribution in [2.24, 2.45) is 0 Å². The fourth-order valence-corrected chi connectivity index (χ4v) is 3.70. The molecule has 9 heteroatoms. The Balaban J connectivity index is 1.49. The fourth-order valence-electron chi connectivity index (χ4n) is 3.01. The Morgan fingerprint density at radius 2 is 1.84 bits per heavy atom. The second kappa shape index (κ2) is 9.05. The van der Waals surface area contributed by atoms with Gasteiger partial charge in [-0.15, -0.1) is 10.2 Å². The number of carbonyl (C=O) groups excluding carboxylic acids is 1. The van der Waals surface area contributed by atoms with Crippen molar-refractivity contribution in [1.82, 2.24) is 19.8 Å². The van der Waals surface area contributed by atoms with Gasteiger partial charge < -0.3 is 14.8 Å². The Labute approximate surface area is 183 Å². The zero-order valence-corrected chi connectivity index (χ0v) is 18.1. The van der Waals surface area contributed by atoms with Crippen molar-refractivity contribution in [3.05, 3.63) is 60.2 Å². The van der Waals surface area contributed by atoms with E-state index < -0.39 is 0 Å². The number of aromatic nitrogens is 4. The molecule has 2 aromatic heterocycles. The molecular formula is C22H21N5O3S. The van der Waals surface area contributed by atoms with Gasteiger partial charge in [-0.05, 0) is 61.0 Å². The normalized spacial score (nSPS) is 10.8. The molecule has 0 spiro atoms. The van der Waals surface area contributed by atoms with Crippen LogP contribution in [0, 0.1) is 6.92 Å². The van der Waals surface area contributed by atoms with Crippen LogP contribution in [0.15, 0.2) is 59.8 Å². The van der Waals surface area contributed by atoms with Crippen LogP contribution in [0.5, 0.6) is 11.5 Å². The number of thioether (sulfide) groups is 1. The highest BCUT2D eigenvalue weighted by atomic mass is 32.2. The molecule has 0 fully saturated rings. The summed E-state index contributed by atoms with van der Waals surface area (Å²) in [5.74, 6) is 1.38. The smallest absolute Gasteiger partial charge is 0.234 e. The summed E-state index contributed by atoms with van der Waals surface area (Å²) in [6.45, 7) is 1.96. The minimum atomic E-state index is -0.169. The van der Waals surface area contributed by atoms with Gasteiger partial charge in [-0.3, -0.25) is 4.79 Å². The average Bonchev–Trinajstić information content (AvgIpc) is 3.20. The van der Waals surface area contributed by atoms with E-state index in [0.717, 1.165) is 22.6 Å². The number of aryl methyl sites for hydroxylation is 1. The van der Waals surface area contributed by atoms with Crippen LogP contribution < -0.4 is 14.8 Å². The van der Waals surface area contributed by atoms with Crippen LogP contribution >= 0.6 is 11.8 Å². The molecule has 4 rings (SSSR count). The summed E-state index contributed by atoms with van der Waals surface area (Å²) >= 11 is 1.27. The Morgan fingerprint density at radius 3 is 2.58 bits per heavy atom. The zero-order valence-electron chi connectivity index (χ0n) is 17.3. The molecule has 0 bridgehead atoms. The van der Waals surface area contributed by atoms with E-state index in [1.807, 2.05) is 61.5 Å². The van der Waals surface area contributed by atoms with Gasteiger partial charge in [-0.2, -0.15) is 9.61 Å². The van der Waals surface area contributed by atoms with E-state index in [1.165, 1.54) is 11.8 Å². The largest absolute Gasteiger partial charge is 0.497 e. The number of ether oxygens (including phenoxy) is 2. The molecule has 2 heterocycles. The molecular weight excluding hydrogens is 414 g/mol. The molecule has 1 amide bonds. The van der Waals surface area contributed by atoms with Gasteiger partial charge in [0.15, 0.2) is 5.65 Å². The van der Waals surface area contributed by atoms with Crippen molar-refractivity contribution in [2.75, 3.05) is 25.3 Å². The van der Waals surface area contributed by atoms with E-state index in [-0.39, 0.29) is 11.7 Å². The summed E-state index contributed by atoms with van der Waals surface area (Å²) in [6, 6.07) is 17.0. The fraction of sp³-hybridized carbons (Fsp3) is 0.182. The van der Waals surface area contributed by atoms with Gasteiger partial charge in [-0.1, -0.05) is 17.8 Å². The summed E-state index contributed by atoms with van der Waals surface area (Å²) in [7, 11) is 3.20. The number of hydrogen-bond acceptors (Lipinski definition) is 7. The number of benzene rings is 2. The van der Waals surface area contributed by atoms with Crippen LogP contribution in [0.4, 0.5) is 5.69 Å². The molecule has 0 saturated heterocycles.